The van der Waals surface area contributed by atoms with Gasteiger partial charge in [0.25, 0.3) is 5.56 Å². The maximum Gasteiger partial charge on any atom is 1.00 e. The van der Waals surface area contributed by atoms with E-state index in [0.29, 0.717) is 10.9 Å². The zero-order chi connectivity index (χ0) is 8.55. The molecule has 0 amide bonds. The Kier molecular flexibility index (Phi) is 4.02. The molecule has 0 bridgehead atoms. The van der Waals surface area contributed by atoms with Gasteiger partial charge in [0.2, 0.25) is 0 Å². The van der Waals surface area contributed by atoms with Gasteiger partial charge in [0.1, 0.15) is 0 Å². The standard InChI is InChI=1S/C8H6N2OS.K/c11-7-5-3-1-2-4-6(5)9-8(12)10-7;/h1-4H,(H2,9,10,11,12);/q;+1/p-1. The van der Waals surface area contributed by atoms with Crippen LogP contribution in [0.1, 0.15) is 0 Å². The van der Waals surface area contributed by atoms with E-state index in [1.807, 2.05) is 6.07 Å². The minimum atomic E-state index is -0.175. The van der Waals surface area contributed by atoms with Crippen LogP contribution in [-0.2, 0) is 12.6 Å². The molecule has 0 aliphatic heterocycles. The van der Waals surface area contributed by atoms with Gasteiger partial charge in [0, 0.05) is 0 Å². The molecule has 0 radical (unpaired) electrons. The number of nitrogens with one attached hydrogen (secondary N) is 1. The molecule has 0 atom stereocenters. The molecule has 5 heteroatoms. The molecule has 1 heterocycles. The van der Waals surface area contributed by atoms with Crippen LogP contribution >= 0.6 is 0 Å². The van der Waals surface area contributed by atoms with Crippen molar-refractivity contribution in [2.75, 3.05) is 0 Å². The van der Waals surface area contributed by atoms with Gasteiger partial charge in [-0.3, -0.25) is 9.78 Å². The maximum atomic E-state index is 11.2. The molecule has 0 spiro atoms. The van der Waals surface area contributed by atoms with Gasteiger partial charge in [-0.05, 0) is 17.3 Å². The van der Waals surface area contributed by atoms with Crippen molar-refractivity contribution in [2.24, 2.45) is 0 Å². The Balaban J connectivity index is 0.000000845. The second-order valence-corrected chi connectivity index (χ2v) is 2.77. The van der Waals surface area contributed by atoms with E-state index < -0.39 is 0 Å². The quantitative estimate of drug-likeness (QED) is 0.310. The van der Waals surface area contributed by atoms with Crippen LogP contribution in [0, 0.1) is 0 Å². The van der Waals surface area contributed by atoms with Crippen molar-refractivity contribution in [1.29, 1.82) is 0 Å². The number of nitrogens with zero attached hydrogens (tertiary/aromatic N) is 1. The van der Waals surface area contributed by atoms with Crippen molar-refractivity contribution in [3.8, 4) is 0 Å². The van der Waals surface area contributed by atoms with E-state index >= 15 is 0 Å². The first-order chi connectivity index (χ1) is 5.77. The zero-order valence-corrected chi connectivity index (χ0v) is 11.0. The van der Waals surface area contributed by atoms with Gasteiger partial charge in [0.15, 0.2) is 0 Å². The fourth-order valence-electron chi connectivity index (χ4n) is 1.06. The summed E-state index contributed by atoms with van der Waals surface area (Å²) < 4.78 is 0. The maximum absolute atomic E-state index is 11.2. The van der Waals surface area contributed by atoms with Crippen molar-refractivity contribution >= 4 is 23.5 Å². The predicted octanol–water partition coefficient (Wildman–Crippen LogP) is -2.17. The van der Waals surface area contributed by atoms with Crippen LogP contribution in [0.5, 0.6) is 0 Å². The number of aromatic nitrogens is 2. The third-order valence-electron chi connectivity index (χ3n) is 1.59. The number of rotatable bonds is 0. The molecular formula is C8H5KN2OS. The summed E-state index contributed by atoms with van der Waals surface area (Å²) in [6, 6.07) is 7.10. The summed E-state index contributed by atoms with van der Waals surface area (Å²) in [5.41, 5.74) is 0.469. The number of H-pyrrole nitrogens is 1. The second kappa shape index (κ2) is 4.63. The minimum Gasteiger partial charge on any atom is -0.742 e. The van der Waals surface area contributed by atoms with Crippen LogP contribution in [0.3, 0.4) is 0 Å². The average Bonchev–Trinajstić information content (AvgIpc) is 2.04. The summed E-state index contributed by atoms with van der Waals surface area (Å²) in [4.78, 5) is 17.7. The van der Waals surface area contributed by atoms with Gasteiger partial charge in [-0.25, -0.2) is 0 Å². The van der Waals surface area contributed by atoms with E-state index in [1.165, 1.54) is 0 Å². The summed E-state index contributed by atoms with van der Waals surface area (Å²) in [5, 5.41) is 0.810. The molecular weight excluding hydrogens is 211 g/mol. The first-order valence-electron chi connectivity index (χ1n) is 3.43. The fourth-order valence-corrected chi connectivity index (χ4v) is 1.26. The van der Waals surface area contributed by atoms with Crippen LogP contribution < -0.4 is 56.9 Å². The fraction of sp³-hybridized carbons (Fsp3) is 0. The summed E-state index contributed by atoms with van der Waals surface area (Å²) in [6.07, 6.45) is 0. The van der Waals surface area contributed by atoms with Gasteiger partial charge in [-0.15, -0.1) is 0 Å². The Morgan fingerprint density at radius 1 is 1.31 bits per heavy atom. The average molecular weight is 216 g/mol. The molecule has 0 saturated carbocycles. The summed E-state index contributed by atoms with van der Waals surface area (Å²) in [6.45, 7) is 0. The number of aromatic amines is 1. The van der Waals surface area contributed by atoms with Crippen LogP contribution in [0.2, 0.25) is 0 Å². The van der Waals surface area contributed by atoms with Crippen LogP contribution in [0.25, 0.3) is 10.9 Å². The predicted molar refractivity (Wildman–Crippen MR) is 48.0 cm³/mol. The van der Waals surface area contributed by atoms with Crippen LogP contribution in [0.15, 0.2) is 34.2 Å². The molecule has 0 fully saturated rings. The van der Waals surface area contributed by atoms with Gasteiger partial charge in [-0.2, -0.15) is 0 Å². The van der Waals surface area contributed by atoms with E-state index in [1.54, 1.807) is 18.2 Å². The van der Waals surface area contributed by atoms with Crippen molar-refractivity contribution in [2.45, 2.75) is 5.16 Å². The molecule has 3 nitrogen and oxygen atoms in total. The number of fused-ring (bicyclic) bond motifs is 1. The number of hydrogen-bond acceptors (Lipinski definition) is 3. The molecule has 2 rings (SSSR count). The van der Waals surface area contributed by atoms with Gasteiger partial charge in [0.05, 0.1) is 10.9 Å². The number of benzene rings is 1. The Labute approximate surface area is 123 Å². The summed E-state index contributed by atoms with van der Waals surface area (Å²) >= 11 is 4.76. The SMILES string of the molecule is O=c1[nH]c([S-])nc2ccccc12.[K+]. The molecule has 0 aliphatic carbocycles. The topological polar surface area (TPSA) is 45.8 Å². The smallest absolute Gasteiger partial charge is 0.742 e. The second-order valence-electron chi connectivity index (χ2n) is 2.39. The monoisotopic (exact) mass is 216 g/mol. The Morgan fingerprint density at radius 2 is 2.00 bits per heavy atom. The van der Waals surface area contributed by atoms with E-state index in [-0.39, 0.29) is 62.1 Å². The van der Waals surface area contributed by atoms with E-state index in [9.17, 15) is 4.79 Å². The first kappa shape index (κ1) is 11.3. The normalized spacial score (nSPS) is 9.54. The molecule has 0 saturated heterocycles. The molecule has 1 aromatic heterocycles. The molecule has 1 aromatic carbocycles. The van der Waals surface area contributed by atoms with Crippen molar-refractivity contribution in [3.63, 3.8) is 0 Å². The number of hydrogen-bond donors (Lipinski definition) is 1. The third kappa shape index (κ3) is 2.37. The van der Waals surface area contributed by atoms with Gasteiger partial charge >= 0.3 is 51.4 Å². The minimum absolute atomic E-state index is 0. The van der Waals surface area contributed by atoms with Crippen molar-refractivity contribution < 1.29 is 51.4 Å². The largest absolute Gasteiger partial charge is 1.00 e. The third-order valence-corrected chi connectivity index (χ3v) is 1.78. The van der Waals surface area contributed by atoms with E-state index in [0.717, 1.165) is 0 Å². The Hall–Kier alpha value is 0.216. The van der Waals surface area contributed by atoms with E-state index in [4.69, 9.17) is 12.6 Å². The molecule has 2 aromatic rings. The number of para-hydroxylation sites is 1. The van der Waals surface area contributed by atoms with Crippen LogP contribution in [-0.4, -0.2) is 9.97 Å². The molecule has 1 N–H and O–H groups in total. The van der Waals surface area contributed by atoms with Crippen LogP contribution in [0.4, 0.5) is 0 Å². The molecule has 13 heavy (non-hydrogen) atoms. The summed E-state index contributed by atoms with van der Waals surface area (Å²) in [5.74, 6) is 0. The Morgan fingerprint density at radius 3 is 2.77 bits per heavy atom. The van der Waals surface area contributed by atoms with Gasteiger partial charge < -0.3 is 17.6 Å². The molecule has 0 unspecified atom stereocenters. The molecule has 60 valence electrons. The zero-order valence-electron chi connectivity index (χ0n) is 7.07. The van der Waals surface area contributed by atoms with Crippen molar-refractivity contribution in [3.05, 3.63) is 34.6 Å². The summed E-state index contributed by atoms with van der Waals surface area (Å²) in [7, 11) is 0. The Bertz CT molecular complexity index is 483. The molecule has 0 aliphatic rings. The first-order valence-corrected chi connectivity index (χ1v) is 3.84. The van der Waals surface area contributed by atoms with Gasteiger partial charge in [-0.1, -0.05) is 12.1 Å². The van der Waals surface area contributed by atoms with Crippen molar-refractivity contribution in [1.82, 2.24) is 9.97 Å². The van der Waals surface area contributed by atoms with E-state index in [2.05, 4.69) is 9.97 Å².